The molecule has 0 saturated carbocycles. The summed E-state index contributed by atoms with van der Waals surface area (Å²) in [5, 5.41) is 0.117. The van der Waals surface area contributed by atoms with E-state index in [-0.39, 0.29) is 11.4 Å². The predicted molar refractivity (Wildman–Crippen MR) is 80.6 cm³/mol. The molecule has 1 aromatic heterocycles. The Bertz CT molecular complexity index is 826. The third-order valence-electron chi connectivity index (χ3n) is 3.30. The van der Waals surface area contributed by atoms with Gasteiger partial charge in [-0.15, -0.1) is 22.9 Å². The van der Waals surface area contributed by atoms with Gasteiger partial charge in [-0.05, 0) is 42.1 Å². The van der Waals surface area contributed by atoms with Gasteiger partial charge in [0.1, 0.15) is 17.5 Å². The SMILES string of the molecule is Cc1cc(C(Cl)c2cc3ccc(F)cc3s2)c(F)cc1F. The molecule has 0 aliphatic rings. The van der Waals surface area contributed by atoms with Gasteiger partial charge >= 0.3 is 0 Å². The normalized spacial score (nSPS) is 12.8. The Morgan fingerprint density at radius 1 is 1.00 bits per heavy atom. The molecule has 0 N–H and O–H groups in total. The van der Waals surface area contributed by atoms with Crippen LogP contribution in [0.4, 0.5) is 13.2 Å². The van der Waals surface area contributed by atoms with Crippen LogP contribution in [0.5, 0.6) is 0 Å². The van der Waals surface area contributed by atoms with E-state index in [1.54, 1.807) is 19.1 Å². The van der Waals surface area contributed by atoms with Crippen LogP contribution in [-0.4, -0.2) is 0 Å². The van der Waals surface area contributed by atoms with Gasteiger partial charge in [-0.3, -0.25) is 0 Å². The summed E-state index contributed by atoms with van der Waals surface area (Å²) in [5.74, 6) is -1.61. The van der Waals surface area contributed by atoms with Crippen molar-refractivity contribution in [1.82, 2.24) is 0 Å². The molecule has 3 aromatic rings. The minimum atomic E-state index is -0.732. The zero-order chi connectivity index (χ0) is 15.1. The van der Waals surface area contributed by atoms with Crippen molar-refractivity contribution >= 4 is 33.0 Å². The Balaban J connectivity index is 2.07. The van der Waals surface area contributed by atoms with Crippen molar-refractivity contribution in [3.8, 4) is 0 Å². The number of benzene rings is 2. The van der Waals surface area contributed by atoms with E-state index in [0.717, 1.165) is 16.2 Å². The molecule has 3 rings (SSSR count). The topological polar surface area (TPSA) is 0 Å². The van der Waals surface area contributed by atoms with E-state index in [9.17, 15) is 13.2 Å². The number of alkyl halides is 1. The Labute approximate surface area is 128 Å². The monoisotopic (exact) mass is 326 g/mol. The first kappa shape index (κ1) is 14.4. The molecular formula is C16H10ClF3S. The van der Waals surface area contributed by atoms with Crippen molar-refractivity contribution in [2.45, 2.75) is 12.3 Å². The maximum absolute atomic E-state index is 13.9. The number of rotatable bonds is 2. The standard InChI is InChI=1S/C16H10ClF3S/c1-8-4-11(13(20)7-12(8)19)16(17)15-5-9-2-3-10(18)6-14(9)21-15/h2-7,16H,1H3. The molecule has 0 aliphatic carbocycles. The van der Waals surface area contributed by atoms with E-state index in [1.807, 2.05) is 0 Å². The smallest absolute Gasteiger partial charge is 0.131 e. The molecular weight excluding hydrogens is 317 g/mol. The number of hydrogen-bond donors (Lipinski definition) is 0. The molecule has 1 unspecified atom stereocenters. The van der Waals surface area contributed by atoms with Crippen LogP contribution in [-0.2, 0) is 0 Å². The molecule has 21 heavy (non-hydrogen) atoms. The molecule has 0 nitrogen and oxygen atoms in total. The van der Waals surface area contributed by atoms with Crippen LogP contribution in [0.2, 0.25) is 0 Å². The van der Waals surface area contributed by atoms with Gasteiger partial charge in [-0.2, -0.15) is 0 Å². The first-order valence-corrected chi connectivity index (χ1v) is 7.49. The van der Waals surface area contributed by atoms with Gasteiger partial charge in [-0.25, -0.2) is 13.2 Å². The predicted octanol–water partition coefficient (Wildman–Crippen LogP) is 5.96. The third kappa shape index (κ3) is 2.65. The highest BCUT2D eigenvalue weighted by Crippen LogP contribution is 2.38. The van der Waals surface area contributed by atoms with E-state index >= 15 is 0 Å². The summed E-state index contributed by atoms with van der Waals surface area (Å²) in [6.45, 7) is 1.56. The van der Waals surface area contributed by atoms with Crippen LogP contribution in [0.1, 0.15) is 21.4 Å². The Morgan fingerprint density at radius 3 is 2.52 bits per heavy atom. The molecule has 0 aliphatic heterocycles. The van der Waals surface area contributed by atoms with Gasteiger partial charge in [0.05, 0.1) is 5.38 Å². The van der Waals surface area contributed by atoms with Crippen molar-refractivity contribution in [3.63, 3.8) is 0 Å². The van der Waals surface area contributed by atoms with Crippen molar-refractivity contribution in [2.24, 2.45) is 0 Å². The zero-order valence-electron chi connectivity index (χ0n) is 11.0. The fourth-order valence-corrected chi connectivity index (χ4v) is 3.63. The van der Waals surface area contributed by atoms with Crippen molar-refractivity contribution in [2.75, 3.05) is 0 Å². The summed E-state index contributed by atoms with van der Waals surface area (Å²) in [5.41, 5.74) is 0.562. The van der Waals surface area contributed by atoms with Gasteiger partial charge in [0.25, 0.3) is 0 Å². The summed E-state index contributed by atoms with van der Waals surface area (Å²) < 4.78 is 41.2. The van der Waals surface area contributed by atoms with Crippen molar-refractivity contribution in [1.29, 1.82) is 0 Å². The molecule has 5 heteroatoms. The van der Waals surface area contributed by atoms with Crippen LogP contribution < -0.4 is 0 Å². The lowest BCUT2D eigenvalue weighted by Gasteiger charge is -2.10. The third-order valence-corrected chi connectivity index (χ3v) is 5.06. The van der Waals surface area contributed by atoms with E-state index in [0.29, 0.717) is 10.4 Å². The number of fused-ring (bicyclic) bond motifs is 1. The molecule has 108 valence electrons. The molecule has 0 bridgehead atoms. The molecule has 0 amide bonds. The fraction of sp³-hybridized carbons (Fsp3) is 0.125. The van der Waals surface area contributed by atoms with Crippen molar-refractivity contribution < 1.29 is 13.2 Å². The van der Waals surface area contributed by atoms with Gasteiger partial charge in [0.15, 0.2) is 0 Å². The molecule has 0 saturated heterocycles. The van der Waals surface area contributed by atoms with Crippen LogP contribution >= 0.6 is 22.9 Å². The lowest BCUT2D eigenvalue weighted by atomic mass is 10.1. The number of halogens is 4. The van der Waals surface area contributed by atoms with Crippen LogP contribution in [0, 0.1) is 24.4 Å². The second-order valence-corrected chi connectivity index (χ2v) is 6.37. The number of hydrogen-bond acceptors (Lipinski definition) is 1. The maximum Gasteiger partial charge on any atom is 0.131 e. The van der Waals surface area contributed by atoms with Crippen LogP contribution in [0.15, 0.2) is 36.4 Å². The second kappa shape index (κ2) is 5.35. The summed E-state index contributed by atoms with van der Waals surface area (Å²) >= 11 is 7.63. The van der Waals surface area contributed by atoms with Crippen molar-refractivity contribution in [3.05, 3.63) is 69.9 Å². The molecule has 0 fully saturated rings. The summed E-state index contributed by atoms with van der Waals surface area (Å²) in [7, 11) is 0. The largest absolute Gasteiger partial charge is 0.207 e. The average Bonchev–Trinajstić information content (AvgIpc) is 2.85. The molecule has 0 spiro atoms. The number of thiophene rings is 1. The lowest BCUT2D eigenvalue weighted by Crippen LogP contribution is -1.98. The van der Waals surface area contributed by atoms with E-state index in [2.05, 4.69) is 0 Å². The Hall–Kier alpha value is -1.52. The highest BCUT2D eigenvalue weighted by molar-refractivity contribution is 7.19. The molecule has 0 radical (unpaired) electrons. The summed E-state index contributed by atoms with van der Waals surface area (Å²) in [6.07, 6.45) is 0. The van der Waals surface area contributed by atoms with Crippen LogP contribution in [0.25, 0.3) is 10.1 Å². The quantitative estimate of drug-likeness (QED) is 0.510. The minimum absolute atomic E-state index is 0.225. The zero-order valence-corrected chi connectivity index (χ0v) is 12.5. The number of aryl methyl sites for hydroxylation is 1. The van der Waals surface area contributed by atoms with Gasteiger partial charge in [0, 0.05) is 21.2 Å². The van der Waals surface area contributed by atoms with Gasteiger partial charge in [-0.1, -0.05) is 6.07 Å². The van der Waals surface area contributed by atoms with Gasteiger partial charge in [0.2, 0.25) is 0 Å². The first-order chi connectivity index (χ1) is 9.95. The van der Waals surface area contributed by atoms with Gasteiger partial charge < -0.3 is 0 Å². The maximum atomic E-state index is 13.9. The van der Waals surface area contributed by atoms with E-state index in [4.69, 9.17) is 11.6 Å². The Kier molecular flexibility index (Phi) is 3.68. The molecule has 1 heterocycles. The minimum Gasteiger partial charge on any atom is -0.207 e. The van der Waals surface area contributed by atoms with E-state index in [1.165, 1.54) is 29.5 Å². The van der Waals surface area contributed by atoms with Crippen LogP contribution in [0.3, 0.4) is 0 Å². The first-order valence-electron chi connectivity index (χ1n) is 6.24. The second-order valence-electron chi connectivity index (χ2n) is 4.82. The fourth-order valence-electron chi connectivity index (χ4n) is 2.18. The summed E-state index contributed by atoms with van der Waals surface area (Å²) in [6, 6.07) is 8.49. The summed E-state index contributed by atoms with van der Waals surface area (Å²) in [4.78, 5) is 0.696. The highest BCUT2D eigenvalue weighted by atomic mass is 35.5. The van der Waals surface area contributed by atoms with E-state index < -0.39 is 17.0 Å². The highest BCUT2D eigenvalue weighted by Gasteiger charge is 2.19. The molecule has 1 atom stereocenters. The lowest BCUT2D eigenvalue weighted by molar-refractivity contribution is 0.568. The Morgan fingerprint density at radius 2 is 1.76 bits per heavy atom. The average molecular weight is 327 g/mol. The molecule has 2 aromatic carbocycles.